The number of piperidine rings is 1. The second-order valence-corrected chi connectivity index (χ2v) is 9.17. The van der Waals surface area contributed by atoms with Gasteiger partial charge in [0.15, 0.2) is 0 Å². The van der Waals surface area contributed by atoms with Crippen LogP contribution in [0.15, 0.2) is 24.3 Å². The van der Waals surface area contributed by atoms with Crippen LogP contribution in [0.5, 0.6) is 0 Å². The average molecular weight is 355 g/mol. The third-order valence-corrected chi connectivity index (χ3v) is 7.32. The van der Waals surface area contributed by atoms with E-state index in [0.717, 1.165) is 25.9 Å². The van der Waals surface area contributed by atoms with E-state index in [4.69, 9.17) is 0 Å². The zero-order valence-corrected chi connectivity index (χ0v) is 15.2. The fourth-order valence-corrected chi connectivity index (χ4v) is 5.17. The molecule has 0 unspecified atom stereocenters. The summed E-state index contributed by atoms with van der Waals surface area (Å²) in [6, 6.07) is 8.36. The van der Waals surface area contributed by atoms with Crippen molar-refractivity contribution >= 4 is 10.2 Å². The molecular formula is C17H26FN3O2S. The molecule has 0 aliphatic carbocycles. The predicted octanol–water partition coefficient (Wildman–Crippen LogP) is 1.61. The van der Waals surface area contributed by atoms with Crippen LogP contribution in [0.1, 0.15) is 24.0 Å². The summed E-state index contributed by atoms with van der Waals surface area (Å²) in [7, 11) is -0.227. The Bertz CT molecular complexity index is 685. The molecule has 1 aromatic carbocycles. The number of benzene rings is 1. The summed E-state index contributed by atoms with van der Waals surface area (Å²) in [6.45, 7) is 2.71. The molecule has 1 spiro atoms. The van der Waals surface area contributed by atoms with Crippen molar-refractivity contribution in [2.45, 2.75) is 24.8 Å². The lowest BCUT2D eigenvalue weighted by atomic mass is 9.69. The molecule has 134 valence electrons. The third kappa shape index (κ3) is 3.10. The van der Waals surface area contributed by atoms with Crippen LogP contribution in [0.2, 0.25) is 0 Å². The average Bonchev–Trinajstić information content (AvgIpc) is 2.55. The van der Waals surface area contributed by atoms with Gasteiger partial charge in [-0.15, -0.1) is 0 Å². The molecule has 1 aromatic rings. The highest BCUT2D eigenvalue weighted by Crippen LogP contribution is 2.42. The molecule has 3 rings (SSSR count). The molecule has 2 heterocycles. The van der Waals surface area contributed by atoms with Gasteiger partial charge in [-0.3, -0.25) is 4.90 Å². The highest BCUT2D eigenvalue weighted by Gasteiger charge is 2.43. The van der Waals surface area contributed by atoms with E-state index in [0.29, 0.717) is 19.6 Å². The fourth-order valence-electron chi connectivity index (χ4n) is 4.07. The lowest BCUT2D eigenvalue weighted by Crippen LogP contribution is -2.54. The quantitative estimate of drug-likeness (QED) is 0.824. The summed E-state index contributed by atoms with van der Waals surface area (Å²) in [5, 5.41) is 0. The molecule has 7 heteroatoms. The van der Waals surface area contributed by atoms with Crippen LogP contribution >= 0.6 is 0 Å². The highest BCUT2D eigenvalue weighted by molar-refractivity contribution is 7.86. The van der Waals surface area contributed by atoms with Gasteiger partial charge in [-0.1, -0.05) is 24.3 Å². The van der Waals surface area contributed by atoms with E-state index in [9.17, 15) is 12.8 Å². The Morgan fingerprint density at radius 1 is 1.21 bits per heavy atom. The molecule has 1 saturated heterocycles. The fraction of sp³-hybridized carbons (Fsp3) is 0.647. The van der Waals surface area contributed by atoms with Crippen molar-refractivity contribution in [1.82, 2.24) is 13.5 Å². The molecule has 2 aliphatic rings. The minimum atomic E-state index is -3.36. The van der Waals surface area contributed by atoms with Gasteiger partial charge in [0.1, 0.15) is 6.67 Å². The summed E-state index contributed by atoms with van der Waals surface area (Å²) in [6.07, 6.45) is 1.56. The van der Waals surface area contributed by atoms with Gasteiger partial charge in [-0.25, -0.2) is 4.39 Å². The first kappa shape index (κ1) is 17.8. The van der Waals surface area contributed by atoms with E-state index in [2.05, 4.69) is 17.0 Å². The van der Waals surface area contributed by atoms with Crippen LogP contribution in [0.25, 0.3) is 0 Å². The lowest BCUT2D eigenvalue weighted by molar-refractivity contribution is 0.119. The predicted molar refractivity (Wildman–Crippen MR) is 92.8 cm³/mol. The zero-order chi connectivity index (χ0) is 17.4. The van der Waals surface area contributed by atoms with Crippen LogP contribution in [-0.2, 0) is 22.2 Å². The van der Waals surface area contributed by atoms with Gasteiger partial charge >= 0.3 is 0 Å². The molecule has 0 amide bonds. The number of fused-ring (bicyclic) bond motifs is 2. The number of nitrogens with zero attached hydrogens (tertiary/aromatic N) is 3. The van der Waals surface area contributed by atoms with Gasteiger partial charge in [0.05, 0.1) is 0 Å². The Morgan fingerprint density at radius 2 is 1.88 bits per heavy atom. The number of hydrogen-bond donors (Lipinski definition) is 0. The number of hydrogen-bond acceptors (Lipinski definition) is 3. The zero-order valence-electron chi connectivity index (χ0n) is 14.4. The van der Waals surface area contributed by atoms with Gasteiger partial charge in [0.25, 0.3) is 10.2 Å². The lowest BCUT2D eigenvalue weighted by Gasteiger charge is -2.48. The summed E-state index contributed by atoms with van der Waals surface area (Å²) in [4.78, 5) is 2.17. The first-order valence-electron chi connectivity index (χ1n) is 8.43. The Balaban J connectivity index is 1.86. The van der Waals surface area contributed by atoms with Crippen molar-refractivity contribution in [2.75, 3.05) is 46.9 Å². The second-order valence-electron chi connectivity index (χ2n) is 7.03. The van der Waals surface area contributed by atoms with Crippen LogP contribution in [0.4, 0.5) is 4.39 Å². The Kier molecular flexibility index (Phi) is 4.97. The van der Waals surface area contributed by atoms with Crippen LogP contribution < -0.4 is 0 Å². The first-order chi connectivity index (χ1) is 11.4. The normalized spacial score (nSPS) is 22.0. The number of alkyl halides is 1. The van der Waals surface area contributed by atoms with Crippen LogP contribution in [-0.4, -0.2) is 68.9 Å². The van der Waals surface area contributed by atoms with Crippen LogP contribution in [0.3, 0.4) is 0 Å². The third-order valence-electron chi connectivity index (χ3n) is 5.38. The molecule has 0 saturated carbocycles. The molecule has 24 heavy (non-hydrogen) atoms. The van der Waals surface area contributed by atoms with Gasteiger partial charge in [-0.2, -0.15) is 17.0 Å². The van der Waals surface area contributed by atoms with Crippen LogP contribution in [0, 0.1) is 0 Å². The maximum Gasteiger partial charge on any atom is 0.281 e. The molecule has 5 nitrogen and oxygen atoms in total. The Hall–Kier alpha value is -1.02. The van der Waals surface area contributed by atoms with Gasteiger partial charge < -0.3 is 0 Å². The Labute approximate surface area is 144 Å². The summed E-state index contributed by atoms with van der Waals surface area (Å²) < 4.78 is 40.4. The molecule has 2 aliphatic heterocycles. The molecule has 0 aromatic heterocycles. The van der Waals surface area contributed by atoms with E-state index in [-0.39, 0.29) is 12.1 Å². The van der Waals surface area contributed by atoms with Crippen molar-refractivity contribution in [3.8, 4) is 0 Å². The maximum absolute atomic E-state index is 12.9. The van der Waals surface area contributed by atoms with Crippen molar-refractivity contribution < 1.29 is 12.8 Å². The van der Waals surface area contributed by atoms with Crippen molar-refractivity contribution in [3.05, 3.63) is 35.4 Å². The summed E-state index contributed by atoms with van der Waals surface area (Å²) in [5.41, 5.74) is 2.51. The maximum atomic E-state index is 12.9. The number of halogens is 1. The van der Waals surface area contributed by atoms with Crippen molar-refractivity contribution in [3.63, 3.8) is 0 Å². The van der Waals surface area contributed by atoms with E-state index in [1.165, 1.54) is 15.4 Å². The van der Waals surface area contributed by atoms with Crippen molar-refractivity contribution in [1.29, 1.82) is 0 Å². The summed E-state index contributed by atoms with van der Waals surface area (Å²) >= 11 is 0. The van der Waals surface area contributed by atoms with Crippen molar-refractivity contribution in [2.24, 2.45) is 0 Å². The van der Waals surface area contributed by atoms with E-state index >= 15 is 0 Å². The molecule has 0 atom stereocenters. The van der Waals surface area contributed by atoms with E-state index in [1.54, 1.807) is 18.4 Å². The molecule has 0 radical (unpaired) electrons. The Morgan fingerprint density at radius 3 is 2.50 bits per heavy atom. The smallest absolute Gasteiger partial charge is 0.281 e. The summed E-state index contributed by atoms with van der Waals surface area (Å²) in [5.74, 6) is 0. The molecule has 0 N–H and O–H groups in total. The minimum Gasteiger partial charge on any atom is -0.296 e. The monoisotopic (exact) mass is 355 g/mol. The van der Waals surface area contributed by atoms with E-state index < -0.39 is 10.2 Å². The molecule has 1 fully saturated rings. The van der Waals surface area contributed by atoms with E-state index in [1.807, 2.05) is 12.1 Å². The molecular weight excluding hydrogens is 329 g/mol. The van der Waals surface area contributed by atoms with Gasteiger partial charge in [-0.05, 0) is 24.0 Å². The molecule has 0 bridgehead atoms. The first-order valence-corrected chi connectivity index (χ1v) is 9.83. The second kappa shape index (κ2) is 6.71. The minimum absolute atomic E-state index is 0.0671. The number of rotatable bonds is 4. The SMILES string of the molecule is CN(C)S(=O)(=O)N1CCC2(CC1)CN(CCF)Cc1ccccc12. The largest absolute Gasteiger partial charge is 0.296 e. The standard InChI is InChI=1S/C17H26FN3O2S/c1-19(2)24(22,23)21-10-7-17(8-11-21)14-20(12-9-18)13-15-5-3-4-6-16(15)17/h3-6H,7-14H2,1-2H3. The highest BCUT2D eigenvalue weighted by atomic mass is 32.2. The van der Waals surface area contributed by atoms with Gasteiger partial charge in [0, 0.05) is 52.2 Å². The van der Waals surface area contributed by atoms with Gasteiger partial charge in [0.2, 0.25) is 0 Å². The topological polar surface area (TPSA) is 43.9 Å².